The average molecular weight is 368 g/mol. The molecule has 0 aromatic heterocycles. The monoisotopic (exact) mass is 367 g/mol. The van der Waals surface area contributed by atoms with Gasteiger partial charge in [-0.15, -0.1) is 25.3 Å². The molecule has 1 aromatic rings. The van der Waals surface area contributed by atoms with Crippen LogP contribution in [0.1, 0.15) is 27.6 Å². The van der Waals surface area contributed by atoms with Crippen molar-refractivity contribution in [1.29, 1.82) is 0 Å². The molecule has 2 rings (SSSR count). The van der Waals surface area contributed by atoms with E-state index < -0.39 is 5.97 Å². The smallest absolute Gasteiger partial charge is 0.336 e. The fourth-order valence-electron chi connectivity index (χ4n) is 1.70. The third-order valence-electron chi connectivity index (χ3n) is 2.47. The van der Waals surface area contributed by atoms with Gasteiger partial charge >= 0.3 is 5.97 Å². The lowest BCUT2D eigenvalue weighted by atomic mass is 10.0. The van der Waals surface area contributed by atoms with Crippen LogP contribution in [0.4, 0.5) is 0 Å². The van der Waals surface area contributed by atoms with E-state index in [9.17, 15) is 4.79 Å². The van der Waals surface area contributed by atoms with Crippen molar-refractivity contribution in [1.82, 2.24) is 0 Å². The van der Waals surface area contributed by atoms with Crippen molar-refractivity contribution < 1.29 is 14.6 Å². The van der Waals surface area contributed by atoms with Crippen LogP contribution in [-0.4, -0.2) is 38.8 Å². The van der Waals surface area contributed by atoms with Gasteiger partial charge in [-0.25, -0.2) is 4.79 Å². The number of fused-ring (bicyclic) bond motifs is 1. The minimum absolute atomic E-state index is 0.0542. The second kappa shape index (κ2) is 12.9. The van der Waals surface area contributed by atoms with Gasteiger partial charge in [0.2, 0.25) is 0 Å². The molecule has 0 fully saturated rings. The third kappa shape index (κ3) is 5.90. The summed E-state index contributed by atoms with van der Waals surface area (Å²) in [7, 11) is 4.50. The van der Waals surface area contributed by atoms with Crippen LogP contribution in [0, 0.1) is 0 Å². The number of nitrogens with two attached hydrogens (primary N) is 3. The third-order valence-corrected chi connectivity index (χ3v) is 3.80. The number of aromatic carboxylic acids is 1. The lowest BCUT2D eigenvalue weighted by Crippen LogP contribution is -2.14. The summed E-state index contributed by atoms with van der Waals surface area (Å²) in [4.78, 5) is 12.0. The Morgan fingerprint density at radius 1 is 1.23 bits per heavy atom. The van der Waals surface area contributed by atoms with Crippen molar-refractivity contribution in [2.45, 2.75) is 21.5 Å². The number of hydrogen-bond acceptors (Lipinski definition) is 8. The minimum Gasteiger partial charge on any atom is -0.492 e. The fourth-order valence-corrected chi connectivity index (χ4v) is 2.89. The summed E-state index contributed by atoms with van der Waals surface area (Å²) in [5.41, 5.74) is 14.4. The maximum atomic E-state index is 11.0. The first kappa shape index (κ1) is 23.7. The number of carbonyl (C=O) groups is 1. The molecular weight excluding hydrogens is 342 g/mol. The molecule has 9 heteroatoms. The molecule has 1 aliphatic heterocycles. The predicted molar refractivity (Wildman–Crippen MR) is 100 cm³/mol. The molecule has 0 amide bonds. The molecule has 1 aliphatic rings. The molecule has 6 nitrogen and oxygen atoms in total. The van der Waals surface area contributed by atoms with Crippen molar-refractivity contribution in [3.63, 3.8) is 0 Å². The van der Waals surface area contributed by atoms with Crippen LogP contribution < -0.4 is 21.9 Å². The van der Waals surface area contributed by atoms with Gasteiger partial charge in [-0.3, -0.25) is 0 Å². The van der Waals surface area contributed by atoms with Crippen molar-refractivity contribution in [2.24, 2.45) is 17.2 Å². The van der Waals surface area contributed by atoms with Crippen LogP contribution in [0.5, 0.6) is 5.75 Å². The molecule has 0 aliphatic carbocycles. The first-order chi connectivity index (χ1) is 10.5. The Morgan fingerprint density at radius 3 is 2.18 bits per heavy atom. The molecule has 0 saturated heterocycles. The Hall–Kier alpha value is -0.580. The second-order valence-electron chi connectivity index (χ2n) is 3.49. The summed E-state index contributed by atoms with van der Waals surface area (Å²) < 4.78 is 5.47. The summed E-state index contributed by atoms with van der Waals surface area (Å²) in [5.74, 6) is -0.418. The van der Waals surface area contributed by atoms with Gasteiger partial charge < -0.3 is 27.0 Å². The number of carboxylic acid groups (broad SMARTS) is 1. The van der Waals surface area contributed by atoms with E-state index in [2.05, 4.69) is 55.1 Å². The van der Waals surface area contributed by atoms with Gasteiger partial charge in [0, 0.05) is 20.6 Å². The van der Waals surface area contributed by atoms with Gasteiger partial charge in [-0.05, 0) is 33.6 Å². The zero-order valence-electron chi connectivity index (χ0n) is 12.9. The summed E-state index contributed by atoms with van der Waals surface area (Å²) in [6, 6.07) is 1.46. The Bertz CT molecular complexity index is 474. The fraction of sp³-hybridized carbons (Fsp3) is 0.462. The van der Waals surface area contributed by atoms with Gasteiger partial charge in [-0.1, -0.05) is 0 Å². The Labute approximate surface area is 148 Å². The van der Waals surface area contributed by atoms with Crippen molar-refractivity contribution in [2.75, 3.05) is 27.7 Å². The summed E-state index contributed by atoms with van der Waals surface area (Å²) in [6.07, 6.45) is 0.736. The Balaban J connectivity index is 0. The maximum absolute atomic E-state index is 11.0. The molecule has 1 unspecified atom stereocenters. The quantitative estimate of drug-likeness (QED) is 0.377. The van der Waals surface area contributed by atoms with E-state index in [4.69, 9.17) is 9.84 Å². The molecule has 1 atom stereocenters. The van der Waals surface area contributed by atoms with Crippen molar-refractivity contribution >= 4 is 43.9 Å². The van der Waals surface area contributed by atoms with Crippen molar-refractivity contribution in [3.8, 4) is 5.75 Å². The topological polar surface area (TPSA) is 125 Å². The first-order valence-electron chi connectivity index (χ1n) is 6.38. The number of benzene rings is 1. The van der Waals surface area contributed by atoms with Gasteiger partial charge in [0.05, 0.1) is 12.2 Å². The molecule has 0 bridgehead atoms. The van der Waals surface area contributed by atoms with E-state index in [1.807, 2.05) is 0 Å². The highest BCUT2D eigenvalue weighted by atomic mass is 32.1. The highest BCUT2D eigenvalue weighted by Gasteiger charge is 2.26. The second-order valence-corrected chi connectivity index (χ2v) is 5.05. The van der Waals surface area contributed by atoms with E-state index >= 15 is 0 Å². The number of ether oxygens (including phenoxy) is 1. The lowest BCUT2D eigenvalue weighted by molar-refractivity contribution is 0.0692. The van der Waals surface area contributed by atoms with Crippen LogP contribution in [0.15, 0.2) is 15.9 Å². The lowest BCUT2D eigenvalue weighted by Gasteiger charge is -2.25. The molecule has 0 saturated carbocycles. The minimum atomic E-state index is -1.02. The predicted octanol–water partition coefficient (Wildman–Crippen LogP) is 1.44. The molecule has 0 radical (unpaired) electrons. The Morgan fingerprint density at radius 2 is 1.73 bits per heavy atom. The van der Waals surface area contributed by atoms with E-state index in [0.717, 1.165) is 12.0 Å². The molecule has 0 spiro atoms. The van der Waals surface area contributed by atoms with Crippen molar-refractivity contribution in [3.05, 3.63) is 17.2 Å². The maximum Gasteiger partial charge on any atom is 0.336 e. The van der Waals surface area contributed by atoms with Crippen LogP contribution in [0.3, 0.4) is 0 Å². The molecule has 1 heterocycles. The largest absolute Gasteiger partial charge is 0.492 e. The van der Waals surface area contributed by atoms with Gasteiger partial charge in [-0.2, -0.15) is 12.6 Å². The number of thiol groups is 3. The van der Waals surface area contributed by atoms with Gasteiger partial charge in [0.15, 0.2) is 0 Å². The SMILES string of the molecule is CN.CN.CN.O=C(O)c1cc(S)c2c(c1S)C(S)CCO2. The van der Waals surface area contributed by atoms with Crippen LogP contribution >= 0.6 is 37.9 Å². The molecule has 128 valence electrons. The molecule has 1 aromatic carbocycles. The number of carboxylic acids is 1. The first-order valence-corrected chi connectivity index (χ1v) is 7.79. The van der Waals surface area contributed by atoms with Gasteiger partial charge in [0.1, 0.15) is 5.75 Å². The Kier molecular flexibility index (Phi) is 13.9. The number of hydrogen-bond donors (Lipinski definition) is 7. The van der Waals surface area contributed by atoms with Crippen LogP contribution in [-0.2, 0) is 0 Å². The number of rotatable bonds is 1. The van der Waals surface area contributed by atoms with Crippen LogP contribution in [0.2, 0.25) is 0 Å². The zero-order valence-corrected chi connectivity index (χ0v) is 15.6. The molecule has 22 heavy (non-hydrogen) atoms. The molecule has 7 N–H and O–H groups in total. The summed E-state index contributed by atoms with van der Waals surface area (Å²) in [5, 5.41) is 8.98. The highest BCUT2D eigenvalue weighted by molar-refractivity contribution is 7.81. The highest BCUT2D eigenvalue weighted by Crippen LogP contribution is 2.44. The normalized spacial score (nSPS) is 14.5. The van der Waals surface area contributed by atoms with E-state index in [1.165, 1.54) is 27.2 Å². The average Bonchev–Trinajstić information content (AvgIpc) is 2.56. The van der Waals surface area contributed by atoms with E-state index in [1.54, 1.807) is 0 Å². The standard InChI is InChI=1S/C10H10O3S3.3CH5N/c11-10(12)4-3-6(15)8-7(9(4)16)5(14)1-2-13-8;3*1-2/h3,5,14-16H,1-2H2,(H,11,12);3*2H2,1H3. The van der Waals surface area contributed by atoms with Crippen LogP contribution in [0.25, 0.3) is 0 Å². The molecular formula is C13H25N3O3S3. The van der Waals surface area contributed by atoms with E-state index in [0.29, 0.717) is 22.1 Å². The van der Waals surface area contributed by atoms with E-state index in [-0.39, 0.29) is 10.8 Å². The zero-order chi connectivity index (χ0) is 17.9. The van der Waals surface area contributed by atoms with Gasteiger partial charge in [0.25, 0.3) is 0 Å². The summed E-state index contributed by atoms with van der Waals surface area (Å²) in [6.45, 7) is 0.564. The summed E-state index contributed by atoms with van der Waals surface area (Å²) >= 11 is 12.9.